The molecule has 0 aliphatic heterocycles. The molecule has 0 aliphatic rings. The Kier molecular flexibility index (Phi) is 7.37. The van der Waals surface area contributed by atoms with Crippen molar-refractivity contribution in [1.29, 1.82) is 0 Å². The van der Waals surface area contributed by atoms with Crippen LogP contribution in [-0.2, 0) is 11.0 Å². The van der Waals surface area contributed by atoms with Crippen LogP contribution in [-0.4, -0.2) is 40.2 Å². The summed E-state index contributed by atoms with van der Waals surface area (Å²) in [5.74, 6) is 1.23. The molecule has 2 heterocycles. The van der Waals surface area contributed by atoms with Crippen LogP contribution in [0, 0.1) is 0 Å². The Bertz CT molecular complexity index is 1050. The highest BCUT2D eigenvalue weighted by molar-refractivity contribution is 7.71. The third-order valence-electron chi connectivity index (χ3n) is 5.69. The highest BCUT2D eigenvalue weighted by atomic mass is 31.2. The van der Waals surface area contributed by atoms with Gasteiger partial charge in [0.1, 0.15) is 30.6 Å². The fourth-order valence-electron chi connectivity index (χ4n) is 3.74. The molecule has 0 saturated carbocycles. The summed E-state index contributed by atoms with van der Waals surface area (Å²) in [5, 5.41) is 1.77. The van der Waals surface area contributed by atoms with Crippen LogP contribution >= 0.6 is 7.14 Å². The number of rotatable bonds is 11. The molecule has 164 valence electrons. The van der Waals surface area contributed by atoms with Gasteiger partial charge in [-0.3, -0.25) is 0 Å². The average molecular weight is 432 g/mol. The molecule has 2 aromatic heterocycles. The zero-order valence-corrected chi connectivity index (χ0v) is 19.3. The van der Waals surface area contributed by atoms with Crippen LogP contribution < -0.4 is 21.6 Å². The van der Waals surface area contributed by atoms with Crippen LogP contribution in [0.25, 0.3) is 21.9 Å². The van der Waals surface area contributed by atoms with E-state index in [2.05, 4.69) is 11.9 Å². The Labute approximate surface area is 178 Å². The van der Waals surface area contributed by atoms with Crippen molar-refractivity contribution in [3.8, 4) is 0 Å². The lowest BCUT2D eigenvalue weighted by Gasteiger charge is -2.16. The van der Waals surface area contributed by atoms with Crippen molar-refractivity contribution in [3.05, 3.63) is 24.0 Å². The summed E-state index contributed by atoms with van der Waals surface area (Å²) in [6.07, 6.45) is 5.95. The van der Waals surface area contributed by atoms with Gasteiger partial charge in [-0.25, -0.2) is 9.97 Å². The quantitative estimate of drug-likeness (QED) is 0.354. The molecule has 0 fully saturated rings. The van der Waals surface area contributed by atoms with Crippen molar-refractivity contribution >= 4 is 40.2 Å². The normalized spacial score (nSPS) is 12.1. The minimum atomic E-state index is -2.41. The minimum Gasteiger partial charge on any atom is -0.412 e. The summed E-state index contributed by atoms with van der Waals surface area (Å²) >= 11 is 0. The van der Waals surface area contributed by atoms with Crippen LogP contribution in [0.1, 0.15) is 52.3 Å². The molecule has 4 N–H and O–H groups in total. The molecule has 3 aromatic rings. The van der Waals surface area contributed by atoms with Crippen LogP contribution in [0.15, 0.2) is 18.2 Å². The summed E-state index contributed by atoms with van der Waals surface area (Å²) in [6, 6.07) is 5.88. The number of nitrogen functional groups attached to an aromatic ring is 1. The molecule has 3 rings (SSSR count). The maximum atomic E-state index is 13.2. The summed E-state index contributed by atoms with van der Waals surface area (Å²) in [5.41, 5.74) is 14.2. The van der Waals surface area contributed by atoms with E-state index >= 15 is 0 Å². The SMILES string of the molecule is CCCCc1nc2c(N)nc3cc(P(=O)(CC)CC)ccc3c2n1OCCCCN. The Morgan fingerprint density at radius 2 is 1.87 bits per heavy atom. The van der Waals surface area contributed by atoms with Crippen molar-refractivity contribution in [2.75, 3.05) is 31.2 Å². The van der Waals surface area contributed by atoms with E-state index in [9.17, 15) is 4.57 Å². The highest BCUT2D eigenvalue weighted by Gasteiger charge is 2.23. The predicted octanol–water partition coefficient (Wildman–Crippen LogP) is 3.71. The standard InChI is InChI=1S/C22H34N5O2P/c1-4-7-10-19-26-20-21(27(19)29-14-9-8-13-23)17-12-11-16(30(28,5-2)6-3)15-18(17)25-22(20)24/h11-12,15H,4-10,13-14,23H2,1-3H3,(H2,24,25). The molecule has 0 aliphatic carbocycles. The molecular formula is C22H34N5O2P. The van der Waals surface area contributed by atoms with Crippen LogP contribution in [0.3, 0.4) is 0 Å². The van der Waals surface area contributed by atoms with Crippen molar-refractivity contribution in [3.63, 3.8) is 0 Å². The molecule has 0 amide bonds. The molecule has 8 heteroatoms. The number of imidazole rings is 1. The number of aromatic nitrogens is 3. The van der Waals surface area contributed by atoms with Crippen molar-refractivity contribution in [2.45, 2.75) is 52.9 Å². The van der Waals surface area contributed by atoms with Gasteiger partial charge in [0.2, 0.25) is 0 Å². The first kappa shape index (κ1) is 22.6. The predicted molar refractivity (Wildman–Crippen MR) is 126 cm³/mol. The fraction of sp³-hybridized carbons (Fsp3) is 0.545. The molecule has 0 spiro atoms. The van der Waals surface area contributed by atoms with E-state index in [-0.39, 0.29) is 0 Å². The van der Waals surface area contributed by atoms with Gasteiger partial charge in [0.25, 0.3) is 0 Å². The molecule has 0 saturated heterocycles. The van der Waals surface area contributed by atoms with Gasteiger partial charge < -0.3 is 20.9 Å². The largest absolute Gasteiger partial charge is 0.412 e. The van der Waals surface area contributed by atoms with Gasteiger partial charge in [-0.05, 0) is 37.9 Å². The monoisotopic (exact) mass is 431 g/mol. The number of fused-ring (bicyclic) bond motifs is 3. The van der Waals surface area contributed by atoms with Gasteiger partial charge >= 0.3 is 0 Å². The average Bonchev–Trinajstić information content (AvgIpc) is 3.13. The van der Waals surface area contributed by atoms with Gasteiger partial charge in [0, 0.05) is 29.4 Å². The van der Waals surface area contributed by atoms with E-state index in [0.29, 0.717) is 36.8 Å². The zero-order chi connectivity index (χ0) is 21.7. The van der Waals surface area contributed by atoms with Crippen LogP contribution in [0.5, 0.6) is 0 Å². The number of hydrogen-bond donors (Lipinski definition) is 2. The topological polar surface area (TPSA) is 109 Å². The summed E-state index contributed by atoms with van der Waals surface area (Å²) in [6.45, 7) is 7.31. The number of unbranched alkanes of at least 4 members (excludes halogenated alkanes) is 2. The van der Waals surface area contributed by atoms with Crippen molar-refractivity contribution < 1.29 is 9.40 Å². The smallest absolute Gasteiger partial charge is 0.152 e. The van der Waals surface area contributed by atoms with Crippen LogP contribution in [0.2, 0.25) is 0 Å². The number of pyridine rings is 1. The van der Waals surface area contributed by atoms with Crippen LogP contribution in [0.4, 0.5) is 5.82 Å². The Morgan fingerprint density at radius 3 is 2.53 bits per heavy atom. The molecule has 0 atom stereocenters. The Balaban J connectivity index is 2.17. The number of benzene rings is 1. The molecule has 0 unspecified atom stereocenters. The van der Waals surface area contributed by atoms with Gasteiger partial charge in [-0.2, -0.15) is 4.73 Å². The number of aryl methyl sites for hydroxylation is 1. The molecule has 30 heavy (non-hydrogen) atoms. The first-order valence-corrected chi connectivity index (χ1v) is 13.1. The number of nitrogens with two attached hydrogens (primary N) is 2. The first-order chi connectivity index (χ1) is 14.5. The van der Waals surface area contributed by atoms with Gasteiger partial charge in [0.05, 0.1) is 5.52 Å². The Morgan fingerprint density at radius 1 is 1.10 bits per heavy atom. The lowest BCUT2D eigenvalue weighted by molar-refractivity contribution is 0.109. The lowest BCUT2D eigenvalue weighted by atomic mass is 10.2. The van der Waals surface area contributed by atoms with E-state index in [1.54, 1.807) is 0 Å². The second-order valence-corrected chi connectivity index (χ2v) is 11.2. The molecular weight excluding hydrogens is 397 g/mol. The Hall–Kier alpha value is -2.11. The van der Waals surface area contributed by atoms with E-state index in [4.69, 9.17) is 21.3 Å². The fourth-order valence-corrected chi connectivity index (χ4v) is 5.62. The number of anilines is 1. The lowest BCUT2D eigenvalue weighted by Crippen LogP contribution is -2.17. The number of hydrogen-bond acceptors (Lipinski definition) is 6. The maximum Gasteiger partial charge on any atom is 0.152 e. The van der Waals surface area contributed by atoms with Gasteiger partial charge in [-0.1, -0.05) is 33.3 Å². The third-order valence-corrected chi connectivity index (χ3v) is 8.95. The van der Waals surface area contributed by atoms with Crippen molar-refractivity contribution in [1.82, 2.24) is 14.7 Å². The summed E-state index contributed by atoms with van der Waals surface area (Å²) < 4.78 is 15.1. The molecule has 0 radical (unpaired) electrons. The first-order valence-electron chi connectivity index (χ1n) is 11.0. The molecule has 7 nitrogen and oxygen atoms in total. The number of nitrogens with zero attached hydrogens (tertiary/aromatic N) is 3. The highest BCUT2D eigenvalue weighted by Crippen LogP contribution is 2.44. The van der Waals surface area contributed by atoms with Gasteiger partial charge in [0.15, 0.2) is 5.82 Å². The van der Waals surface area contributed by atoms with Gasteiger partial charge in [-0.15, -0.1) is 0 Å². The molecule has 0 bridgehead atoms. The van der Waals surface area contributed by atoms with E-state index in [1.807, 2.05) is 36.8 Å². The van der Waals surface area contributed by atoms with E-state index in [0.717, 1.165) is 59.7 Å². The zero-order valence-electron chi connectivity index (χ0n) is 18.4. The summed E-state index contributed by atoms with van der Waals surface area (Å²) in [7, 11) is -2.41. The second-order valence-electron chi connectivity index (χ2n) is 7.67. The third kappa shape index (κ3) is 4.33. The van der Waals surface area contributed by atoms with E-state index < -0.39 is 7.14 Å². The van der Waals surface area contributed by atoms with E-state index in [1.165, 1.54) is 0 Å². The summed E-state index contributed by atoms with van der Waals surface area (Å²) in [4.78, 5) is 15.5. The second kappa shape index (κ2) is 9.80. The minimum absolute atomic E-state index is 0.375. The van der Waals surface area contributed by atoms with Crippen molar-refractivity contribution in [2.24, 2.45) is 5.73 Å². The molecule has 1 aromatic carbocycles. The maximum absolute atomic E-state index is 13.2.